The minimum Gasteiger partial charge on any atom is -0.356 e. The van der Waals surface area contributed by atoms with Crippen LogP contribution >= 0.6 is 0 Å². The molecule has 2 heterocycles. The lowest BCUT2D eigenvalue weighted by atomic mass is 10.3. The molecular weight excluding hydrogens is 280 g/mol. The van der Waals surface area contributed by atoms with Crippen LogP contribution in [0, 0.1) is 0 Å². The van der Waals surface area contributed by atoms with Crippen LogP contribution in [0.5, 0.6) is 0 Å². The molecule has 2 N–H and O–H groups in total. The summed E-state index contributed by atoms with van der Waals surface area (Å²) in [6.45, 7) is 3.64. The Balaban J connectivity index is 1.49. The van der Waals surface area contributed by atoms with Crippen LogP contribution in [0.1, 0.15) is 19.3 Å². The van der Waals surface area contributed by atoms with Crippen molar-refractivity contribution in [3.05, 3.63) is 31.1 Å². The van der Waals surface area contributed by atoms with Crippen molar-refractivity contribution in [3.63, 3.8) is 0 Å². The highest BCUT2D eigenvalue weighted by atomic mass is 15.3. The molecule has 8 heteroatoms. The first-order valence-corrected chi connectivity index (χ1v) is 7.63. The van der Waals surface area contributed by atoms with Crippen molar-refractivity contribution in [2.45, 2.75) is 32.4 Å². The monoisotopic (exact) mass is 304 g/mol. The highest BCUT2D eigenvalue weighted by Crippen LogP contribution is 1.93. The molecule has 2 rings (SSSR count). The molecule has 0 spiro atoms. The first-order valence-electron chi connectivity index (χ1n) is 7.63. The molecule has 0 unspecified atom stereocenters. The lowest BCUT2D eigenvalue weighted by molar-refractivity contribution is 0.567. The Morgan fingerprint density at radius 1 is 1.05 bits per heavy atom. The summed E-state index contributed by atoms with van der Waals surface area (Å²) in [6.07, 6.45) is 10.4. The van der Waals surface area contributed by atoms with E-state index in [-0.39, 0.29) is 0 Å². The zero-order chi connectivity index (χ0) is 15.5. The second-order valence-corrected chi connectivity index (χ2v) is 4.96. The molecule has 0 radical (unpaired) electrons. The molecule has 0 saturated carbocycles. The average molecular weight is 304 g/mol. The fourth-order valence-corrected chi connectivity index (χ4v) is 2.06. The van der Waals surface area contributed by atoms with Crippen LogP contribution < -0.4 is 10.6 Å². The molecule has 0 amide bonds. The van der Waals surface area contributed by atoms with Crippen molar-refractivity contribution < 1.29 is 0 Å². The number of rotatable bonds is 9. The van der Waals surface area contributed by atoms with Crippen molar-refractivity contribution in [1.82, 2.24) is 35.2 Å². The topological polar surface area (TPSA) is 85.0 Å². The summed E-state index contributed by atoms with van der Waals surface area (Å²) in [6, 6.07) is 1.94. The number of aliphatic imine (C=N–C) groups is 1. The van der Waals surface area contributed by atoms with Crippen molar-refractivity contribution in [1.29, 1.82) is 0 Å². The Labute approximate surface area is 130 Å². The van der Waals surface area contributed by atoms with Gasteiger partial charge in [0.1, 0.15) is 12.7 Å². The predicted molar refractivity (Wildman–Crippen MR) is 85.5 cm³/mol. The van der Waals surface area contributed by atoms with Crippen molar-refractivity contribution in [2.24, 2.45) is 4.99 Å². The first-order chi connectivity index (χ1) is 10.9. The van der Waals surface area contributed by atoms with Crippen LogP contribution in [0.25, 0.3) is 0 Å². The van der Waals surface area contributed by atoms with Gasteiger partial charge in [0.15, 0.2) is 5.96 Å². The van der Waals surface area contributed by atoms with E-state index in [9.17, 15) is 0 Å². The first kappa shape index (κ1) is 16.0. The van der Waals surface area contributed by atoms with E-state index in [4.69, 9.17) is 0 Å². The fraction of sp³-hybridized carbons (Fsp3) is 0.571. The molecule has 22 heavy (non-hydrogen) atoms. The summed E-state index contributed by atoms with van der Waals surface area (Å²) in [7, 11) is 1.79. The van der Waals surface area contributed by atoms with E-state index in [0.717, 1.165) is 51.4 Å². The Kier molecular flexibility index (Phi) is 6.94. The van der Waals surface area contributed by atoms with Gasteiger partial charge < -0.3 is 15.2 Å². The van der Waals surface area contributed by atoms with E-state index in [2.05, 4.69) is 30.9 Å². The number of guanidine groups is 1. The maximum atomic E-state index is 4.22. The largest absolute Gasteiger partial charge is 0.356 e. The number of aryl methyl sites for hydroxylation is 2. The van der Waals surface area contributed by atoms with Gasteiger partial charge in [-0.15, -0.1) is 10.2 Å². The molecule has 0 saturated heterocycles. The maximum Gasteiger partial charge on any atom is 0.190 e. The van der Waals surface area contributed by atoms with Crippen LogP contribution in [0.4, 0.5) is 0 Å². The number of nitrogens with zero attached hydrogens (tertiary/aromatic N) is 6. The predicted octanol–water partition coefficient (Wildman–Crippen LogP) is 0.510. The molecule has 0 bridgehead atoms. The smallest absolute Gasteiger partial charge is 0.190 e. The average Bonchev–Trinajstić information content (AvgIpc) is 3.22. The SMILES string of the molecule is CN=C(NCCCCn1cnnc1)NCCCn1cccn1. The van der Waals surface area contributed by atoms with Crippen LogP contribution in [0.2, 0.25) is 0 Å². The highest BCUT2D eigenvalue weighted by Gasteiger charge is 1.97. The fourth-order valence-electron chi connectivity index (χ4n) is 2.06. The van der Waals surface area contributed by atoms with Gasteiger partial charge in [0.05, 0.1) is 0 Å². The molecule has 0 aromatic carbocycles. The second kappa shape index (κ2) is 9.54. The normalized spacial score (nSPS) is 11.6. The Bertz CT molecular complexity index is 517. The molecule has 0 aliphatic carbocycles. The molecule has 2 aromatic heterocycles. The van der Waals surface area contributed by atoms with E-state index in [1.165, 1.54) is 0 Å². The number of aromatic nitrogens is 5. The number of hydrogen-bond acceptors (Lipinski definition) is 4. The minimum atomic E-state index is 0.852. The van der Waals surface area contributed by atoms with Gasteiger partial charge in [-0.3, -0.25) is 9.67 Å². The van der Waals surface area contributed by atoms with Gasteiger partial charge in [-0.05, 0) is 25.3 Å². The zero-order valence-corrected chi connectivity index (χ0v) is 13.0. The molecule has 0 fully saturated rings. The lowest BCUT2D eigenvalue weighted by Crippen LogP contribution is -2.38. The second-order valence-electron chi connectivity index (χ2n) is 4.96. The van der Waals surface area contributed by atoms with Crippen LogP contribution in [0.15, 0.2) is 36.1 Å². The Hall–Kier alpha value is -2.38. The van der Waals surface area contributed by atoms with Crippen LogP contribution in [0.3, 0.4) is 0 Å². The molecule has 2 aromatic rings. The molecule has 8 nitrogen and oxygen atoms in total. The van der Waals surface area contributed by atoms with Gasteiger partial charge in [-0.1, -0.05) is 0 Å². The van der Waals surface area contributed by atoms with Crippen LogP contribution in [-0.2, 0) is 13.1 Å². The zero-order valence-electron chi connectivity index (χ0n) is 13.0. The number of nitrogens with one attached hydrogen (secondary N) is 2. The summed E-state index contributed by atoms with van der Waals surface area (Å²) < 4.78 is 3.92. The molecule has 0 atom stereocenters. The van der Waals surface area contributed by atoms with Gasteiger partial charge >= 0.3 is 0 Å². The van der Waals surface area contributed by atoms with Gasteiger partial charge in [-0.25, -0.2) is 0 Å². The quantitative estimate of drug-likeness (QED) is 0.400. The van der Waals surface area contributed by atoms with Crippen LogP contribution in [-0.4, -0.2) is 50.6 Å². The Morgan fingerprint density at radius 2 is 1.82 bits per heavy atom. The van der Waals surface area contributed by atoms with E-state index in [0.29, 0.717) is 0 Å². The van der Waals surface area contributed by atoms with Gasteiger partial charge in [-0.2, -0.15) is 5.10 Å². The third-order valence-electron chi connectivity index (χ3n) is 3.24. The maximum absolute atomic E-state index is 4.22. The number of unbranched alkanes of at least 4 members (excludes halogenated alkanes) is 1. The summed E-state index contributed by atoms with van der Waals surface area (Å²) >= 11 is 0. The van der Waals surface area contributed by atoms with Crippen molar-refractivity contribution >= 4 is 5.96 Å². The van der Waals surface area contributed by atoms with E-state index >= 15 is 0 Å². The molecule has 0 aliphatic heterocycles. The van der Waals surface area contributed by atoms with E-state index in [1.807, 2.05) is 21.5 Å². The Morgan fingerprint density at radius 3 is 2.50 bits per heavy atom. The molecule has 0 aliphatic rings. The van der Waals surface area contributed by atoms with Crippen molar-refractivity contribution in [3.8, 4) is 0 Å². The number of hydrogen-bond donors (Lipinski definition) is 2. The summed E-state index contributed by atoms with van der Waals surface area (Å²) in [5.41, 5.74) is 0. The lowest BCUT2D eigenvalue weighted by Gasteiger charge is -2.11. The molecule has 120 valence electrons. The third-order valence-corrected chi connectivity index (χ3v) is 3.24. The van der Waals surface area contributed by atoms with Gasteiger partial charge in [0.25, 0.3) is 0 Å². The molecular formula is C14H24N8. The van der Waals surface area contributed by atoms with Crippen molar-refractivity contribution in [2.75, 3.05) is 20.1 Å². The minimum absolute atomic E-state index is 0.852. The summed E-state index contributed by atoms with van der Waals surface area (Å²) in [4.78, 5) is 4.22. The van der Waals surface area contributed by atoms with E-state index < -0.39 is 0 Å². The third kappa shape index (κ3) is 5.94. The standard InChI is InChI=1S/C14H24N8/c1-15-14(17-7-4-10-22-11-5-8-20-22)16-6-2-3-9-21-12-18-19-13-21/h5,8,11-13H,2-4,6-7,9-10H2,1H3,(H2,15,16,17). The van der Waals surface area contributed by atoms with Gasteiger partial charge in [0.2, 0.25) is 0 Å². The highest BCUT2D eigenvalue weighted by molar-refractivity contribution is 5.79. The summed E-state index contributed by atoms with van der Waals surface area (Å²) in [5, 5.41) is 18.4. The summed E-state index contributed by atoms with van der Waals surface area (Å²) in [5.74, 6) is 0.852. The van der Waals surface area contributed by atoms with E-state index in [1.54, 1.807) is 25.9 Å². The van der Waals surface area contributed by atoms with Gasteiger partial charge in [0, 0.05) is 45.6 Å².